The van der Waals surface area contributed by atoms with Gasteiger partial charge in [0.2, 0.25) is 0 Å². The lowest BCUT2D eigenvalue weighted by Crippen LogP contribution is -1.98. The van der Waals surface area contributed by atoms with Crippen LogP contribution in [0.1, 0.15) is 5.69 Å². The summed E-state index contributed by atoms with van der Waals surface area (Å²) in [7, 11) is 3.52. The van der Waals surface area contributed by atoms with E-state index in [-0.39, 0.29) is 0 Å². The second-order valence-electron chi connectivity index (χ2n) is 3.81. The summed E-state index contributed by atoms with van der Waals surface area (Å²) in [4.78, 5) is 4.01. The van der Waals surface area contributed by atoms with Crippen molar-refractivity contribution in [3.05, 3.63) is 30.2 Å². The lowest BCUT2D eigenvalue weighted by Gasteiger charge is -2.03. The first-order valence-electron chi connectivity index (χ1n) is 5.44. The number of aromatic nitrogens is 3. The molecule has 0 unspecified atom stereocenters. The Bertz CT molecular complexity index is 493. The number of methoxy groups -OCH3 is 1. The zero-order valence-corrected chi connectivity index (χ0v) is 10.1. The number of pyridine rings is 1. The smallest absolute Gasteiger partial charge is 0.129 e. The summed E-state index contributed by atoms with van der Waals surface area (Å²) in [6, 6.07) is 3.87. The average molecular weight is 232 g/mol. The molecular formula is C12H16N4O. The highest BCUT2D eigenvalue weighted by atomic mass is 16.5. The fraction of sp³-hybridized carbons (Fsp3) is 0.333. The molecule has 5 heteroatoms. The Labute approximate surface area is 100 Å². The van der Waals surface area contributed by atoms with E-state index in [0.29, 0.717) is 12.4 Å². The predicted octanol–water partition coefficient (Wildman–Crippen LogP) is 1.25. The lowest BCUT2D eigenvalue weighted by atomic mass is 10.1. The van der Waals surface area contributed by atoms with Gasteiger partial charge in [-0.3, -0.25) is 9.67 Å². The molecule has 0 saturated carbocycles. The first-order chi connectivity index (χ1) is 8.24. The lowest BCUT2D eigenvalue weighted by molar-refractivity contribution is 0.201. The number of aryl methyl sites for hydroxylation is 1. The molecular weight excluding hydrogens is 216 g/mol. The van der Waals surface area contributed by atoms with Crippen molar-refractivity contribution in [3.8, 4) is 11.1 Å². The second-order valence-corrected chi connectivity index (χ2v) is 3.81. The number of anilines is 1. The Kier molecular flexibility index (Phi) is 3.39. The van der Waals surface area contributed by atoms with Gasteiger partial charge in [0.15, 0.2) is 0 Å². The predicted molar refractivity (Wildman–Crippen MR) is 66.4 cm³/mol. The van der Waals surface area contributed by atoms with Crippen molar-refractivity contribution in [2.24, 2.45) is 7.05 Å². The van der Waals surface area contributed by atoms with Crippen LogP contribution in [0.3, 0.4) is 0 Å². The molecule has 2 N–H and O–H groups in total. The Morgan fingerprint density at radius 2 is 2.06 bits per heavy atom. The summed E-state index contributed by atoms with van der Waals surface area (Å²) in [5, 5.41) is 4.42. The molecule has 2 heterocycles. The van der Waals surface area contributed by atoms with Gasteiger partial charge < -0.3 is 10.5 Å². The van der Waals surface area contributed by atoms with Crippen LogP contribution in [0.15, 0.2) is 24.5 Å². The van der Waals surface area contributed by atoms with Gasteiger partial charge in [-0.05, 0) is 17.7 Å². The zero-order valence-electron chi connectivity index (χ0n) is 10.1. The summed E-state index contributed by atoms with van der Waals surface area (Å²) in [5.74, 6) is 0.669. The molecule has 5 nitrogen and oxygen atoms in total. The highest BCUT2D eigenvalue weighted by molar-refractivity contribution is 5.76. The minimum absolute atomic E-state index is 0.633. The van der Waals surface area contributed by atoms with Gasteiger partial charge in [0.1, 0.15) is 5.82 Å². The van der Waals surface area contributed by atoms with Gasteiger partial charge in [0.05, 0.1) is 12.3 Å². The largest absolute Gasteiger partial charge is 0.384 e. The molecule has 0 radical (unpaired) electrons. The first kappa shape index (κ1) is 11.6. The number of hydrogen-bond acceptors (Lipinski definition) is 4. The van der Waals surface area contributed by atoms with Crippen molar-refractivity contribution in [1.29, 1.82) is 0 Å². The summed E-state index contributed by atoms with van der Waals surface area (Å²) in [6.07, 6.45) is 4.25. The molecule has 0 bridgehead atoms. The molecule has 2 aromatic heterocycles. The Balaban J connectivity index is 2.44. The molecule has 2 aromatic rings. The molecule has 0 amide bonds. The van der Waals surface area contributed by atoms with E-state index in [2.05, 4.69) is 10.1 Å². The molecule has 0 aliphatic heterocycles. The van der Waals surface area contributed by atoms with Gasteiger partial charge in [-0.2, -0.15) is 5.10 Å². The Morgan fingerprint density at radius 1 is 1.35 bits per heavy atom. The number of ether oxygens (including phenoxy) is 1. The van der Waals surface area contributed by atoms with Crippen molar-refractivity contribution >= 4 is 5.82 Å². The Morgan fingerprint density at radius 3 is 2.71 bits per heavy atom. The van der Waals surface area contributed by atoms with Gasteiger partial charge in [0, 0.05) is 38.5 Å². The normalized spacial score (nSPS) is 10.7. The summed E-state index contributed by atoms with van der Waals surface area (Å²) in [6.45, 7) is 0.633. The zero-order chi connectivity index (χ0) is 12.3. The first-order valence-corrected chi connectivity index (χ1v) is 5.44. The maximum Gasteiger partial charge on any atom is 0.129 e. The maximum atomic E-state index is 6.05. The SMILES string of the molecule is COCCc1nn(C)c(N)c1-c1ccncc1. The number of nitrogens with zero attached hydrogens (tertiary/aromatic N) is 3. The van der Waals surface area contributed by atoms with Crippen LogP contribution < -0.4 is 5.73 Å². The van der Waals surface area contributed by atoms with Gasteiger partial charge in [-0.15, -0.1) is 0 Å². The minimum atomic E-state index is 0.633. The molecule has 0 spiro atoms. The fourth-order valence-electron chi connectivity index (χ4n) is 1.80. The third-order valence-corrected chi connectivity index (χ3v) is 2.68. The molecule has 0 aliphatic rings. The Hall–Kier alpha value is -1.88. The molecule has 0 saturated heterocycles. The average Bonchev–Trinajstić information content (AvgIpc) is 2.64. The van der Waals surface area contributed by atoms with Crippen molar-refractivity contribution in [2.45, 2.75) is 6.42 Å². The van der Waals surface area contributed by atoms with Crippen LogP contribution in [-0.4, -0.2) is 28.5 Å². The van der Waals surface area contributed by atoms with Crippen molar-refractivity contribution < 1.29 is 4.74 Å². The number of nitrogen functional groups attached to an aromatic ring is 1. The molecule has 0 aromatic carbocycles. The van der Waals surface area contributed by atoms with Crippen molar-refractivity contribution in [3.63, 3.8) is 0 Å². The van der Waals surface area contributed by atoms with Gasteiger partial charge in [-0.1, -0.05) is 0 Å². The molecule has 0 aliphatic carbocycles. The monoisotopic (exact) mass is 232 g/mol. The van der Waals surface area contributed by atoms with Crippen LogP contribution in [-0.2, 0) is 18.2 Å². The highest BCUT2D eigenvalue weighted by Gasteiger charge is 2.15. The van der Waals surface area contributed by atoms with Crippen LogP contribution in [0.4, 0.5) is 5.82 Å². The fourth-order valence-corrected chi connectivity index (χ4v) is 1.80. The van der Waals surface area contributed by atoms with E-state index in [1.165, 1.54) is 0 Å². The summed E-state index contributed by atoms with van der Waals surface area (Å²) in [5.41, 5.74) is 9.02. The quantitative estimate of drug-likeness (QED) is 0.861. The van der Waals surface area contributed by atoms with Crippen LogP contribution in [0.5, 0.6) is 0 Å². The van der Waals surface area contributed by atoms with E-state index in [1.54, 1.807) is 24.2 Å². The topological polar surface area (TPSA) is 66.0 Å². The van der Waals surface area contributed by atoms with E-state index < -0.39 is 0 Å². The molecule has 2 rings (SSSR count). The molecule has 0 fully saturated rings. The van der Waals surface area contributed by atoms with E-state index in [0.717, 1.165) is 23.2 Å². The second kappa shape index (κ2) is 4.97. The summed E-state index contributed by atoms with van der Waals surface area (Å²) < 4.78 is 6.78. The van der Waals surface area contributed by atoms with Crippen molar-refractivity contribution in [2.75, 3.05) is 19.5 Å². The third kappa shape index (κ3) is 2.29. The van der Waals surface area contributed by atoms with E-state index in [1.807, 2.05) is 19.2 Å². The van der Waals surface area contributed by atoms with Gasteiger partial charge in [-0.25, -0.2) is 0 Å². The molecule has 90 valence electrons. The number of hydrogen-bond donors (Lipinski definition) is 1. The standard InChI is InChI=1S/C12H16N4O/c1-16-12(13)11(9-3-6-14-7-4-9)10(15-16)5-8-17-2/h3-4,6-7H,5,8,13H2,1-2H3. The third-order valence-electron chi connectivity index (χ3n) is 2.68. The van der Waals surface area contributed by atoms with E-state index >= 15 is 0 Å². The number of rotatable bonds is 4. The van der Waals surface area contributed by atoms with Gasteiger partial charge >= 0.3 is 0 Å². The summed E-state index contributed by atoms with van der Waals surface area (Å²) >= 11 is 0. The van der Waals surface area contributed by atoms with Crippen LogP contribution in [0, 0.1) is 0 Å². The maximum absolute atomic E-state index is 6.05. The van der Waals surface area contributed by atoms with E-state index in [9.17, 15) is 0 Å². The van der Waals surface area contributed by atoms with Crippen LogP contribution >= 0.6 is 0 Å². The van der Waals surface area contributed by atoms with Gasteiger partial charge in [0.25, 0.3) is 0 Å². The highest BCUT2D eigenvalue weighted by Crippen LogP contribution is 2.28. The minimum Gasteiger partial charge on any atom is -0.384 e. The van der Waals surface area contributed by atoms with Crippen LogP contribution in [0.25, 0.3) is 11.1 Å². The van der Waals surface area contributed by atoms with Crippen molar-refractivity contribution in [1.82, 2.24) is 14.8 Å². The molecule has 0 atom stereocenters. The van der Waals surface area contributed by atoms with Crippen LogP contribution in [0.2, 0.25) is 0 Å². The number of nitrogens with two attached hydrogens (primary N) is 1. The van der Waals surface area contributed by atoms with E-state index in [4.69, 9.17) is 10.5 Å². The molecule has 17 heavy (non-hydrogen) atoms.